The van der Waals surface area contributed by atoms with Gasteiger partial charge in [0, 0.05) is 49.2 Å². The molecule has 1 heterocycles. The second-order valence-corrected chi connectivity index (χ2v) is 11.3. The fraction of sp³-hybridized carbons (Fsp3) is 0.478. The smallest absolute Gasteiger partial charge is 0.419 e. The number of alkyl halides is 3. The van der Waals surface area contributed by atoms with Crippen LogP contribution >= 0.6 is 0 Å². The molecular formula is C23H28F4N2O3S. The van der Waals surface area contributed by atoms with Crippen LogP contribution in [0.25, 0.3) is 11.1 Å². The number of hydrogen-bond donors (Lipinski definition) is 1. The molecule has 0 aromatic heterocycles. The molecule has 0 bridgehead atoms. The van der Waals surface area contributed by atoms with E-state index in [0.29, 0.717) is 31.9 Å². The SMILES string of the molecule is CC(C)(C)COc1c(-c2c(F)cc(N3CCNCC3)cc2S(C)(=O)=O)cccc1C(F)(F)F. The largest absolute Gasteiger partial charge is 0.492 e. The third-order valence-electron chi connectivity index (χ3n) is 5.16. The molecule has 2 aromatic carbocycles. The summed E-state index contributed by atoms with van der Waals surface area (Å²) in [4.78, 5) is 1.46. The Kier molecular flexibility index (Phi) is 7.00. The number of piperazine rings is 1. The maximum Gasteiger partial charge on any atom is 0.419 e. The number of hydrogen-bond acceptors (Lipinski definition) is 5. The Morgan fingerprint density at radius 2 is 1.73 bits per heavy atom. The zero-order chi connectivity index (χ0) is 24.6. The van der Waals surface area contributed by atoms with E-state index in [-0.39, 0.29) is 17.1 Å². The Balaban J connectivity index is 2.27. The first-order valence-electron chi connectivity index (χ1n) is 10.5. The Labute approximate surface area is 191 Å². The molecule has 0 amide bonds. The molecule has 1 saturated heterocycles. The molecule has 0 radical (unpaired) electrons. The first-order chi connectivity index (χ1) is 15.2. The molecule has 0 aliphatic carbocycles. The third-order valence-corrected chi connectivity index (χ3v) is 6.28. The number of benzene rings is 2. The maximum absolute atomic E-state index is 15.5. The van der Waals surface area contributed by atoms with Crippen molar-refractivity contribution in [1.29, 1.82) is 0 Å². The minimum absolute atomic E-state index is 0.0816. The zero-order valence-electron chi connectivity index (χ0n) is 19.0. The average molecular weight is 489 g/mol. The van der Waals surface area contributed by atoms with Crippen LogP contribution in [0, 0.1) is 11.2 Å². The summed E-state index contributed by atoms with van der Waals surface area (Å²) in [5.74, 6) is -1.51. The minimum Gasteiger partial charge on any atom is -0.492 e. The molecule has 2 aromatic rings. The van der Waals surface area contributed by atoms with E-state index >= 15 is 4.39 Å². The number of sulfone groups is 1. The fourth-order valence-corrected chi connectivity index (χ4v) is 4.54. The normalized spacial score (nSPS) is 15.6. The number of ether oxygens (including phenoxy) is 1. The summed E-state index contributed by atoms with van der Waals surface area (Å²) in [5.41, 5.74) is -1.89. The molecule has 1 aliphatic rings. The van der Waals surface area contributed by atoms with Gasteiger partial charge in [0.15, 0.2) is 9.84 Å². The van der Waals surface area contributed by atoms with Crippen LogP contribution in [0.15, 0.2) is 35.2 Å². The second-order valence-electron chi connectivity index (χ2n) is 9.34. The number of nitrogens with one attached hydrogen (secondary N) is 1. The molecule has 1 N–H and O–H groups in total. The number of para-hydroxylation sites is 1. The summed E-state index contributed by atoms with van der Waals surface area (Å²) in [5, 5.41) is 3.16. The van der Waals surface area contributed by atoms with E-state index in [9.17, 15) is 21.6 Å². The predicted molar refractivity (Wildman–Crippen MR) is 120 cm³/mol. The maximum atomic E-state index is 15.5. The van der Waals surface area contributed by atoms with Crippen molar-refractivity contribution in [1.82, 2.24) is 5.32 Å². The summed E-state index contributed by atoms with van der Waals surface area (Å²) in [6, 6.07) is 5.72. The topological polar surface area (TPSA) is 58.6 Å². The van der Waals surface area contributed by atoms with Gasteiger partial charge in [-0.15, -0.1) is 0 Å². The van der Waals surface area contributed by atoms with Crippen molar-refractivity contribution in [2.75, 3.05) is 43.9 Å². The highest BCUT2D eigenvalue weighted by molar-refractivity contribution is 7.90. The van der Waals surface area contributed by atoms with Crippen molar-refractivity contribution in [3.63, 3.8) is 0 Å². The van der Waals surface area contributed by atoms with Crippen LogP contribution in [0.1, 0.15) is 26.3 Å². The third kappa shape index (κ3) is 5.97. The van der Waals surface area contributed by atoms with Crippen molar-refractivity contribution in [3.05, 3.63) is 41.7 Å². The van der Waals surface area contributed by atoms with E-state index < -0.39 is 44.1 Å². The highest BCUT2D eigenvalue weighted by Gasteiger charge is 2.37. The van der Waals surface area contributed by atoms with Gasteiger partial charge in [-0.25, -0.2) is 12.8 Å². The lowest BCUT2D eigenvalue weighted by Gasteiger charge is -2.30. The molecule has 5 nitrogen and oxygen atoms in total. The summed E-state index contributed by atoms with van der Waals surface area (Å²) in [6.07, 6.45) is -3.86. The van der Waals surface area contributed by atoms with Crippen LogP contribution in [-0.2, 0) is 16.0 Å². The first-order valence-corrected chi connectivity index (χ1v) is 12.4. The van der Waals surface area contributed by atoms with E-state index in [1.165, 1.54) is 18.2 Å². The molecule has 1 aliphatic heterocycles. The van der Waals surface area contributed by atoms with Gasteiger partial charge in [0.05, 0.1) is 17.1 Å². The lowest BCUT2D eigenvalue weighted by Crippen LogP contribution is -2.43. The molecule has 10 heteroatoms. The van der Waals surface area contributed by atoms with Crippen LogP contribution in [0.5, 0.6) is 5.75 Å². The number of rotatable bonds is 5. The standard InChI is InChI=1S/C23H28F4N2O3S/c1-22(2,3)14-32-21-16(6-5-7-17(21)23(25,26)27)20-18(24)12-15(13-19(20)33(4,30)31)29-10-8-28-9-11-29/h5-7,12-13,28H,8-11,14H2,1-4H3. The molecule has 1 fully saturated rings. The van der Waals surface area contributed by atoms with Gasteiger partial charge in [0.2, 0.25) is 0 Å². The van der Waals surface area contributed by atoms with Crippen molar-refractivity contribution in [2.45, 2.75) is 31.8 Å². The number of anilines is 1. The van der Waals surface area contributed by atoms with Crippen molar-refractivity contribution in [2.24, 2.45) is 5.41 Å². The first kappa shape index (κ1) is 25.3. The highest BCUT2D eigenvalue weighted by Crippen LogP contribution is 2.45. The van der Waals surface area contributed by atoms with E-state index in [1.54, 1.807) is 20.8 Å². The van der Waals surface area contributed by atoms with Crippen molar-refractivity contribution < 1.29 is 30.7 Å². The number of nitrogens with zero attached hydrogens (tertiary/aromatic N) is 1. The van der Waals surface area contributed by atoms with Crippen LogP contribution in [0.2, 0.25) is 0 Å². The summed E-state index contributed by atoms with van der Waals surface area (Å²) < 4.78 is 87.8. The monoisotopic (exact) mass is 488 g/mol. The van der Waals surface area contributed by atoms with Gasteiger partial charge in [-0.2, -0.15) is 13.2 Å². The van der Waals surface area contributed by atoms with Gasteiger partial charge in [-0.05, 0) is 23.6 Å². The zero-order valence-corrected chi connectivity index (χ0v) is 19.8. The Morgan fingerprint density at radius 3 is 2.27 bits per heavy atom. The van der Waals surface area contributed by atoms with Crippen molar-refractivity contribution in [3.8, 4) is 16.9 Å². The van der Waals surface area contributed by atoms with Crippen LogP contribution in [0.4, 0.5) is 23.2 Å². The lowest BCUT2D eigenvalue weighted by atomic mass is 9.97. The van der Waals surface area contributed by atoms with E-state index in [1.807, 2.05) is 4.90 Å². The van der Waals surface area contributed by atoms with Crippen LogP contribution in [0.3, 0.4) is 0 Å². The van der Waals surface area contributed by atoms with Gasteiger partial charge >= 0.3 is 6.18 Å². The Morgan fingerprint density at radius 1 is 1.09 bits per heavy atom. The Bertz CT molecular complexity index is 1120. The van der Waals surface area contributed by atoms with Crippen LogP contribution < -0.4 is 15.0 Å². The average Bonchev–Trinajstić information content (AvgIpc) is 2.70. The Hall–Kier alpha value is -2.33. The van der Waals surface area contributed by atoms with Gasteiger partial charge in [-0.3, -0.25) is 0 Å². The highest BCUT2D eigenvalue weighted by atomic mass is 32.2. The van der Waals surface area contributed by atoms with Gasteiger partial charge in [-0.1, -0.05) is 32.9 Å². The summed E-state index contributed by atoms with van der Waals surface area (Å²) >= 11 is 0. The fourth-order valence-electron chi connectivity index (χ4n) is 3.63. The molecular weight excluding hydrogens is 460 g/mol. The van der Waals surface area contributed by atoms with E-state index in [2.05, 4.69) is 5.32 Å². The molecule has 182 valence electrons. The van der Waals surface area contributed by atoms with E-state index in [4.69, 9.17) is 4.74 Å². The molecule has 0 atom stereocenters. The van der Waals surface area contributed by atoms with Gasteiger partial charge in [0.1, 0.15) is 11.6 Å². The predicted octanol–water partition coefficient (Wildman–Crippen LogP) is 4.75. The summed E-state index contributed by atoms with van der Waals surface area (Å²) in [6.45, 7) is 7.67. The molecule has 3 rings (SSSR count). The molecule has 0 spiro atoms. The van der Waals surface area contributed by atoms with E-state index in [0.717, 1.165) is 18.4 Å². The van der Waals surface area contributed by atoms with Crippen molar-refractivity contribution >= 4 is 15.5 Å². The molecule has 0 saturated carbocycles. The molecule has 0 unspecified atom stereocenters. The molecule has 33 heavy (non-hydrogen) atoms. The second kappa shape index (κ2) is 9.13. The lowest BCUT2D eigenvalue weighted by molar-refractivity contribution is -0.139. The minimum atomic E-state index is -4.77. The van der Waals surface area contributed by atoms with Gasteiger partial charge < -0.3 is 15.0 Å². The quantitative estimate of drug-likeness (QED) is 0.616. The number of halogens is 4. The van der Waals surface area contributed by atoms with Gasteiger partial charge in [0.25, 0.3) is 0 Å². The van der Waals surface area contributed by atoms with Crippen LogP contribution in [-0.4, -0.2) is 47.5 Å². The summed E-state index contributed by atoms with van der Waals surface area (Å²) in [7, 11) is -3.99.